The molecule has 0 aromatic carbocycles. The SMILES string of the molecule is Cc1ccc(OCC#CCNC(=O)C23CC4CC(CC(C4)C2)C3)cn1. The van der Waals surface area contributed by atoms with Gasteiger partial charge in [-0.25, -0.2) is 0 Å². The van der Waals surface area contributed by atoms with Crippen LogP contribution in [0.1, 0.15) is 44.2 Å². The highest BCUT2D eigenvalue weighted by atomic mass is 16.5. The van der Waals surface area contributed by atoms with Crippen LogP contribution in [0.15, 0.2) is 18.3 Å². The highest BCUT2D eigenvalue weighted by Gasteiger charge is 2.54. The molecule has 0 aliphatic heterocycles. The number of nitrogens with one attached hydrogen (secondary N) is 1. The van der Waals surface area contributed by atoms with E-state index in [0.717, 1.165) is 48.5 Å². The summed E-state index contributed by atoms with van der Waals surface area (Å²) in [6.07, 6.45) is 9.07. The smallest absolute Gasteiger partial charge is 0.226 e. The minimum atomic E-state index is -0.0828. The van der Waals surface area contributed by atoms with E-state index in [2.05, 4.69) is 22.1 Å². The molecule has 25 heavy (non-hydrogen) atoms. The number of hydrogen-bond acceptors (Lipinski definition) is 3. The van der Waals surface area contributed by atoms with E-state index in [9.17, 15) is 4.79 Å². The molecule has 4 saturated carbocycles. The van der Waals surface area contributed by atoms with Gasteiger partial charge in [-0.05, 0) is 75.3 Å². The number of carbonyl (C=O) groups excluding carboxylic acids is 1. The number of amides is 1. The third-order valence-electron chi connectivity index (χ3n) is 6.18. The van der Waals surface area contributed by atoms with Crippen LogP contribution in [0.5, 0.6) is 5.75 Å². The molecule has 0 saturated heterocycles. The van der Waals surface area contributed by atoms with E-state index in [4.69, 9.17) is 4.74 Å². The minimum absolute atomic E-state index is 0.0828. The monoisotopic (exact) mass is 338 g/mol. The third-order valence-corrected chi connectivity index (χ3v) is 6.18. The predicted molar refractivity (Wildman–Crippen MR) is 95.9 cm³/mol. The standard InChI is InChI=1S/C21H26N2O2/c1-15-4-5-19(14-23-15)25-7-3-2-6-22-20(24)21-11-16-8-17(12-21)10-18(9-16)13-21/h4-5,14,16-18H,6-13H2,1H3,(H,22,24). The van der Waals surface area contributed by atoms with E-state index in [1.54, 1.807) is 6.20 Å². The Labute approximate surface area is 149 Å². The van der Waals surface area contributed by atoms with Crippen molar-refractivity contribution in [2.45, 2.75) is 45.4 Å². The van der Waals surface area contributed by atoms with E-state index in [-0.39, 0.29) is 11.3 Å². The Kier molecular flexibility index (Phi) is 4.41. The summed E-state index contributed by atoms with van der Waals surface area (Å²) in [7, 11) is 0. The minimum Gasteiger partial charge on any atom is -0.479 e. The van der Waals surface area contributed by atoms with Gasteiger partial charge in [0.1, 0.15) is 12.4 Å². The summed E-state index contributed by atoms with van der Waals surface area (Å²) in [5.74, 6) is 9.30. The van der Waals surface area contributed by atoms with Gasteiger partial charge in [0.25, 0.3) is 0 Å². The van der Waals surface area contributed by atoms with Crippen molar-refractivity contribution in [3.05, 3.63) is 24.0 Å². The van der Waals surface area contributed by atoms with Gasteiger partial charge in [-0.15, -0.1) is 0 Å². The van der Waals surface area contributed by atoms with Crippen LogP contribution in [0.4, 0.5) is 0 Å². The normalized spacial score (nSPS) is 32.0. The maximum atomic E-state index is 12.8. The Bertz CT molecular complexity index is 664. The van der Waals surface area contributed by atoms with Crippen molar-refractivity contribution in [3.63, 3.8) is 0 Å². The molecule has 4 nitrogen and oxygen atoms in total. The lowest BCUT2D eigenvalue weighted by molar-refractivity contribution is -0.145. The maximum Gasteiger partial charge on any atom is 0.226 e. The quantitative estimate of drug-likeness (QED) is 0.858. The zero-order chi connectivity index (χ0) is 17.3. The first kappa shape index (κ1) is 16.4. The zero-order valence-corrected chi connectivity index (χ0v) is 14.9. The molecule has 4 fully saturated rings. The number of hydrogen-bond donors (Lipinski definition) is 1. The van der Waals surface area contributed by atoms with Crippen LogP contribution >= 0.6 is 0 Å². The Morgan fingerprint density at radius 2 is 1.88 bits per heavy atom. The lowest BCUT2D eigenvalue weighted by Gasteiger charge is -2.55. The van der Waals surface area contributed by atoms with Crippen LogP contribution in [0.25, 0.3) is 0 Å². The number of aryl methyl sites for hydroxylation is 1. The lowest BCUT2D eigenvalue weighted by Crippen LogP contribution is -2.53. The van der Waals surface area contributed by atoms with Crippen molar-refractivity contribution in [2.75, 3.05) is 13.2 Å². The number of aromatic nitrogens is 1. The van der Waals surface area contributed by atoms with Crippen LogP contribution in [-0.4, -0.2) is 24.0 Å². The fraction of sp³-hybridized carbons (Fsp3) is 0.619. The van der Waals surface area contributed by atoms with Gasteiger partial charge in [0.15, 0.2) is 0 Å². The molecule has 1 N–H and O–H groups in total. The Hall–Kier alpha value is -2.02. The summed E-state index contributed by atoms with van der Waals surface area (Å²) in [5.41, 5.74) is 0.881. The van der Waals surface area contributed by atoms with E-state index < -0.39 is 0 Å². The molecule has 4 aliphatic carbocycles. The van der Waals surface area contributed by atoms with Crippen molar-refractivity contribution in [3.8, 4) is 17.6 Å². The summed E-state index contributed by atoms with van der Waals surface area (Å²) in [4.78, 5) is 16.9. The van der Waals surface area contributed by atoms with Crippen LogP contribution < -0.4 is 10.1 Å². The van der Waals surface area contributed by atoms with Gasteiger partial charge in [-0.3, -0.25) is 9.78 Å². The second-order valence-corrected chi connectivity index (χ2v) is 8.16. The van der Waals surface area contributed by atoms with Gasteiger partial charge in [-0.2, -0.15) is 0 Å². The molecule has 1 aromatic rings. The second-order valence-electron chi connectivity index (χ2n) is 8.16. The Morgan fingerprint density at radius 1 is 1.20 bits per heavy atom. The third kappa shape index (κ3) is 3.51. The van der Waals surface area contributed by atoms with Crippen LogP contribution in [-0.2, 0) is 4.79 Å². The fourth-order valence-electron chi connectivity index (χ4n) is 5.47. The van der Waals surface area contributed by atoms with Gasteiger partial charge in [0, 0.05) is 11.1 Å². The van der Waals surface area contributed by atoms with Gasteiger partial charge < -0.3 is 10.1 Å². The molecular weight excluding hydrogens is 312 g/mol. The van der Waals surface area contributed by atoms with Crippen LogP contribution in [0.3, 0.4) is 0 Å². The maximum absolute atomic E-state index is 12.8. The van der Waals surface area contributed by atoms with Gasteiger partial charge in [0.2, 0.25) is 5.91 Å². The predicted octanol–water partition coefficient (Wildman–Crippen LogP) is 3.10. The average Bonchev–Trinajstić information content (AvgIpc) is 2.58. The zero-order valence-electron chi connectivity index (χ0n) is 14.9. The average molecular weight is 338 g/mol. The molecule has 5 rings (SSSR count). The molecule has 0 unspecified atom stereocenters. The molecule has 1 heterocycles. The molecule has 132 valence electrons. The second kappa shape index (κ2) is 6.71. The van der Waals surface area contributed by atoms with Crippen LogP contribution in [0.2, 0.25) is 0 Å². The molecule has 0 radical (unpaired) electrons. The number of nitrogens with zero attached hydrogens (tertiary/aromatic N) is 1. The van der Waals surface area contributed by atoms with Crippen molar-refractivity contribution >= 4 is 5.91 Å². The molecule has 0 atom stereocenters. The summed E-state index contributed by atoms with van der Waals surface area (Å²) in [6, 6.07) is 3.80. The van der Waals surface area contributed by atoms with Gasteiger partial charge in [-0.1, -0.05) is 11.8 Å². The van der Waals surface area contributed by atoms with Crippen LogP contribution in [0, 0.1) is 41.9 Å². The summed E-state index contributed by atoms with van der Waals surface area (Å²) in [5, 5.41) is 3.07. The van der Waals surface area contributed by atoms with Crippen molar-refractivity contribution < 1.29 is 9.53 Å². The van der Waals surface area contributed by atoms with Gasteiger partial charge in [0.05, 0.1) is 12.7 Å². The summed E-state index contributed by atoms with van der Waals surface area (Å²) >= 11 is 0. The fourth-order valence-corrected chi connectivity index (χ4v) is 5.47. The number of carbonyl (C=O) groups is 1. The number of pyridine rings is 1. The van der Waals surface area contributed by atoms with Crippen molar-refractivity contribution in [1.29, 1.82) is 0 Å². The first-order valence-electron chi connectivity index (χ1n) is 9.42. The molecule has 1 aromatic heterocycles. The Balaban J connectivity index is 1.24. The largest absolute Gasteiger partial charge is 0.479 e. The van der Waals surface area contributed by atoms with E-state index in [0.29, 0.717) is 13.2 Å². The molecule has 0 spiro atoms. The van der Waals surface area contributed by atoms with E-state index in [1.807, 2.05) is 19.1 Å². The molecule has 4 bridgehead atoms. The number of ether oxygens (including phenoxy) is 1. The molecule has 1 amide bonds. The molecule has 4 heteroatoms. The van der Waals surface area contributed by atoms with E-state index >= 15 is 0 Å². The number of rotatable bonds is 4. The van der Waals surface area contributed by atoms with E-state index in [1.165, 1.54) is 19.3 Å². The first-order valence-corrected chi connectivity index (χ1v) is 9.42. The first-order chi connectivity index (χ1) is 12.1. The highest BCUT2D eigenvalue weighted by Crippen LogP contribution is 2.60. The topological polar surface area (TPSA) is 51.2 Å². The summed E-state index contributed by atoms with van der Waals surface area (Å²) < 4.78 is 5.52. The van der Waals surface area contributed by atoms with Crippen molar-refractivity contribution in [1.82, 2.24) is 10.3 Å². The van der Waals surface area contributed by atoms with Crippen molar-refractivity contribution in [2.24, 2.45) is 23.2 Å². The molecule has 4 aliphatic rings. The molecular formula is C21H26N2O2. The highest BCUT2D eigenvalue weighted by molar-refractivity contribution is 5.83. The lowest BCUT2D eigenvalue weighted by atomic mass is 9.49. The summed E-state index contributed by atoms with van der Waals surface area (Å²) in [6.45, 7) is 2.67. The Morgan fingerprint density at radius 3 is 2.48 bits per heavy atom. The van der Waals surface area contributed by atoms with Gasteiger partial charge >= 0.3 is 0 Å².